The third kappa shape index (κ3) is 6.38. The van der Waals surface area contributed by atoms with Crippen LogP contribution in [-0.2, 0) is 17.9 Å². The molecule has 28 heavy (non-hydrogen) atoms. The maximum absolute atomic E-state index is 6.16. The summed E-state index contributed by atoms with van der Waals surface area (Å²) in [5.41, 5.74) is 2.17. The van der Waals surface area contributed by atoms with Crippen molar-refractivity contribution in [1.82, 2.24) is 10.2 Å². The molecule has 1 aliphatic rings. The molecule has 1 saturated heterocycles. The third-order valence-corrected chi connectivity index (χ3v) is 4.93. The van der Waals surface area contributed by atoms with Gasteiger partial charge in [-0.15, -0.1) is 0 Å². The van der Waals surface area contributed by atoms with E-state index in [2.05, 4.69) is 16.3 Å². The lowest BCUT2D eigenvalue weighted by molar-refractivity contribution is 0.0384. The highest BCUT2D eigenvalue weighted by Gasteiger charge is 2.13. The second-order valence-electron chi connectivity index (χ2n) is 6.72. The van der Waals surface area contributed by atoms with E-state index in [1.54, 1.807) is 0 Å². The number of nitrogens with one attached hydrogen (secondary N) is 1. The van der Waals surface area contributed by atoms with Gasteiger partial charge in [-0.2, -0.15) is 0 Å². The van der Waals surface area contributed by atoms with Crippen LogP contribution < -0.4 is 14.8 Å². The van der Waals surface area contributed by atoms with Gasteiger partial charge >= 0.3 is 0 Å². The molecule has 152 valence electrons. The molecule has 0 saturated carbocycles. The van der Waals surface area contributed by atoms with Crippen LogP contribution >= 0.6 is 11.6 Å². The Bertz CT molecular complexity index is 718. The second kappa shape index (κ2) is 11.3. The molecule has 6 heteroatoms. The van der Waals surface area contributed by atoms with Crippen LogP contribution in [0.15, 0.2) is 42.5 Å². The van der Waals surface area contributed by atoms with Crippen LogP contribution in [0.1, 0.15) is 18.1 Å². The number of benzene rings is 2. The number of ether oxygens (including phenoxy) is 3. The molecule has 3 rings (SSSR count). The lowest BCUT2D eigenvalue weighted by Gasteiger charge is -2.26. The Morgan fingerprint density at radius 3 is 2.61 bits per heavy atom. The van der Waals surface area contributed by atoms with Crippen molar-refractivity contribution in [1.29, 1.82) is 0 Å². The van der Waals surface area contributed by atoms with E-state index in [4.69, 9.17) is 25.8 Å². The van der Waals surface area contributed by atoms with Crippen molar-refractivity contribution < 1.29 is 14.2 Å². The van der Waals surface area contributed by atoms with E-state index in [-0.39, 0.29) is 0 Å². The van der Waals surface area contributed by atoms with Gasteiger partial charge in [-0.25, -0.2) is 0 Å². The van der Waals surface area contributed by atoms with Crippen LogP contribution in [0.3, 0.4) is 0 Å². The first kappa shape index (κ1) is 20.9. The van der Waals surface area contributed by atoms with Gasteiger partial charge in [-0.3, -0.25) is 4.90 Å². The van der Waals surface area contributed by atoms with Crippen molar-refractivity contribution in [2.75, 3.05) is 46.0 Å². The van der Waals surface area contributed by atoms with Crippen molar-refractivity contribution in [2.45, 2.75) is 20.1 Å². The minimum atomic E-state index is 0.474. The predicted octanol–water partition coefficient (Wildman–Crippen LogP) is 3.74. The zero-order valence-corrected chi connectivity index (χ0v) is 17.2. The summed E-state index contributed by atoms with van der Waals surface area (Å²) >= 11 is 5.97. The second-order valence-corrected chi connectivity index (χ2v) is 7.16. The monoisotopic (exact) mass is 404 g/mol. The molecular weight excluding hydrogens is 376 g/mol. The summed E-state index contributed by atoms with van der Waals surface area (Å²) in [7, 11) is 0. The topological polar surface area (TPSA) is 43.0 Å². The number of rotatable bonds is 10. The number of hydrogen-bond donors (Lipinski definition) is 1. The number of hydrogen-bond acceptors (Lipinski definition) is 5. The van der Waals surface area contributed by atoms with Crippen molar-refractivity contribution in [3.63, 3.8) is 0 Å². The van der Waals surface area contributed by atoms with Crippen molar-refractivity contribution in [3.8, 4) is 11.5 Å². The normalized spacial score (nSPS) is 14.8. The van der Waals surface area contributed by atoms with E-state index in [0.717, 1.165) is 73.6 Å². The summed E-state index contributed by atoms with van der Waals surface area (Å²) in [4.78, 5) is 2.42. The van der Waals surface area contributed by atoms with Gasteiger partial charge in [0.25, 0.3) is 0 Å². The zero-order chi connectivity index (χ0) is 19.6. The Labute approximate surface area is 172 Å². The fourth-order valence-electron chi connectivity index (χ4n) is 3.15. The number of para-hydroxylation sites is 1. The van der Waals surface area contributed by atoms with Gasteiger partial charge < -0.3 is 19.5 Å². The molecule has 2 aromatic rings. The fraction of sp³-hybridized carbons (Fsp3) is 0.455. The molecule has 0 aromatic heterocycles. The van der Waals surface area contributed by atoms with Gasteiger partial charge in [0.05, 0.1) is 19.8 Å². The van der Waals surface area contributed by atoms with E-state index in [9.17, 15) is 0 Å². The summed E-state index contributed by atoms with van der Waals surface area (Å²) < 4.78 is 17.3. The van der Waals surface area contributed by atoms with Gasteiger partial charge in [0.2, 0.25) is 0 Å². The Balaban J connectivity index is 1.58. The van der Waals surface area contributed by atoms with Crippen LogP contribution in [0, 0.1) is 0 Å². The largest absolute Gasteiger partial charge is 0.490 e. The van der Waals surface area contributed by atoms with Crippen LogP contribution in [0.2, 0.25) is 5.02 Å². The highest BCUT2D eigenvalue weighted by Crippen LogP contribution is 2.32. The van der Waals surface area contributed by atoms with Crippen molar-refractivity contribution in [2.24, 2.45) is 0 Å². The van der Waals surface area contributed by atoms with Crippen molar-refractivity contribution in [3.05, 3.63) is 58.6 Å². The van der Waals surface area contributed by atoms with Gasteiger partial charge in [0.1, 0.15) is 6.61 Å². The Hall–Kier alpha value is -1.79. The summed E-state index contributed by atoms with van der Waals surface area (Å²) in [6.07, 6.45) is 0. The van der Waals surface area contributed by atoms with E-state index in [1.165, 1.54) is 0 Å². The number of nitrogens with zero attached hydrogens (tertiary/aromatic N) is 1. The smallest absolute Gasteiger partial charge is 0.166 e. The molecule has 1 N–H and O–H groups in total. The summed E-state index contributed by atoms with van der Waals surface area (Å²) in [5.74, 6) is 1.59. The molecule has 0 bridgehead atoms. The molecule has 1 aliphatic heterocycles. The number of morpholine rings is 1. The molecule has 2 aromatic carbocycles. The minimum absolute atomic E-state index is 0.474. The zero-order valence-electron chi connectivity index (χ0n) is 16.5. The molecular formula is C22H29ClN2O3. The van der Waals surface area contributed by atoms with Crippen LogP contribution in [0.25, 0.3) is 0 Å². The first-order chi connectivity index (χ1) is 13.8. The quantitative estimate of drug-likeness (QED) is 0.611. The lowest BCUT2D eigenvalue weighted by Crippen LogP contribution is -2.40. The number of halogens is 1. The van der Waals surface area contributed by atoms with Crippen LogP contribution in [0.4, 0.5) is 0 Å². The Morgan fingerprint density at radius 1 is 1.07 bits per heavy atom. The first-order valence-corrected chi connectivity index (χ1v) is 10.3. The highest BCUT2D eigenvalue weighted by atomic mass is 35.5. The van der Waals surface area contributed by atoms with E-state index in [0.29, 0.717) is 13.2 Å². The molecule has 0 aliphatic carbocycles. The average Bonchev–Trinajstić information content (AvgIpc) is 2.73. The average molecular weight is 405 g/mol. The Morgan fingerprint density at radius 2 is 1.86 bits per heavy atom. The van der Waals surface area contributed by atoms with Crippen LogP contribution in [-0.4, -0.2) is 50.9 Å². The third-order valence-electron chi connectivity index (χ3n) is 4.68. The maximum Gasteiger partial charge on any atom is 0.166 e. The van der Waals surface area contributed by atoms with E-state index in [1.807, 2.05) is 43.3 Å². The summed E-state index contributed by atoms with van der Waals surface area (Å²) in [5, 5.41) is 4.25. The molecule has 1 fully saturated rings. The molecule has 0 spiro atoms. The molecule has 0 unspecified atom stereocenters. The Kier molecular flexibility index (Phi) is 8.42. The van der Waals surface area contributed by atoms with Gasteiger partial charge in [-0.05, 0) is 30.7 Å². The van der Waals surface area contributed by atoms with Gasteiger partial charge in [0, 0.05) is 43.3 Å². The molecule has 1 heterocycles. The van der Waals surface area contributed by atoms with Gasteiger partial charge in [-0.1, -0.05) is 35.9 Å². The maximum atomic E-state index is 6.16. The van der Waals surface area contributed by atoms with E-state index >= 15 is 0 Å². The van der Waals surface area contributed by atoms with Gasteiger partial charge in [0.15, 0.2) is 11.5 Å². The standard InChI is InChI=1S/C22H29ClN2O3/c1-2-27-21-5-3-4-19(16-24-10-11-25-12-14-26-15-13-25)22(21)28-17-18-6-8-20(23)9-7-18/h3-9,24H,2,10-17H2,1H3. The summed E-state index contributed by atoms with van der Waals surface area (Å²) in [6.45, 7) is 9.43. The molecule has 0 atom stereocenters. The molecule has 0 amide bonds. The molecule has 5 nitrogen and oxygen atoms in total. The predicted molar refractivity (Wildman–Crippen MR) is 112 cm³/mol. The van der Waals surface area contributed by atoms with E-state index < -0.39 is 0 Å². The lowest BCUT2D eigenvalue weighted by atomic mass is 10.1. The first-order valence-electron chi connectivity index (χ1n) is 9.89. The SMILES string of the molecule is CCOc1cccc(CNCCN2CCOCC2)c1OCc1ccc(Cl)cc1. The fourth-order valence-corrected chi connectivity index (χ4v) is 3.28. The van der Waals surface area contributed by atoms with Crippen molar-refractivity contribution >= 4 is 11.6 Å². The summed E-state index contributed by atoms with van der Waals surface area (Å²) in [6, 6.07) is 13.8. The van der Waals surface area contributed by atoms with Crippen LogP contribution in [0.5, 0.6) is 11.5 Å². The highest BCUT2D eigenvalue weighted by molar-refractivity contribution is 6.30. The molecule has 0 radical (unpaired) electrons. The minimum Gasteiger partial charge on any atom is -0.490 e.